The van der Waals surface area contributed by atoms with Gasteiger partial charge >= 0.3 is 5.97 Å². The van der Waals surface area contributed by atoms with Crippen LogP contribution in [0.1, 0.15) is 15.9 Å². The molecule has 1 aromatic rings. The molecule has 0 aromatic heterocycles. The first-order valence-electron chi connectivity index (χ1n) is 5.42. The predicted octanol–water partition coefficient (Wildman–Crippen LogP) is 1.56. The topological polar surface area (TPSA) is 73.6 Å². The third-order valence-corrected chi connectivity index (χ3v) is 2.60. The Hall–Kier alpha value is -1.82. The first-order chi connectivity index (χ1) is 8.52. The summed E-state index contributed by atoms with van der Waals surface area (Å²) in [5.41, 5.74) is 6.80. The van der Waals surface area contributed by atoms with Gasteiger partial charge in [0.25, 0.3) is 0 Å². The average Bonchev–Trinajstić information content (AvgIpc) is 2.37. The minimum Gasteiger partial charge on any atom is -0.465 e. The highest BCUT2D eigenvalue weighted by Crippen LogP contribution is 2.29. The van der Waals surface area contributed by atoms with Gasteiger partial charge in [0.05, 0.1) is 30.7 Å². The maximum Gasteiger partial charge on any atom is 0.338 e. The van der Waals surface area contributed by atoms with Crippen LogP contribution in [-0.2, 0) is 9.47 Å². The van der Waals surface area contributed by atoms with Crippen LogP contribution in [0, 0.1) is 12.7 Å². The Kier molecular flexibility index (Phi) is 4.91. The second-order valence-corrected chi connectivity index (χ2v) is 3.73. The molecule has 5 nitrogen and oxygen atoms in total. The second-order valence-electron chi connectivity index (χ2n) is 3.73. The molecule has 0 amide bonds. The first-order valence-corrected chi connectivity index (χ1v) is 5.42. The number of esters is 1. The van der Waals surface area contributed by atoms with E-state index in [0.29, 0.717) is 18.7 Å². The molecule has 0 heterocycles. The van der Waals surface area contributed by atoms with Gasteiger partial charge in [-0.25, -0.2) is 9.18 Å². The van der Waals surface area contributed by atoms with E-state index in [1.165, 1.54) is 7.11 Å². The lowest BCUT2D eigenvalue weighted by Crippen LogP contribution is -2.14. The molecular formula is C12H17FN2O3. The Morgan fingerprint density at radius 1 is 1.50 bits per heavy atom. The molecule has 0 atom stereocenters. The van der Waals surface area contributed by atoms with Crippen molar-refractivity contribution in [1.29, 1.82) is 0 Å². The van der Waals surface area contributed by atoms with Gasteiger partial charge in [0, 0.05) is 13.7 Å². The second kappa shape index (κ2) is 6.20. The number of hydrogen-bond donors (Lipinski definition) is 2. The molecule has 0 aliphatic heterocycles. The molecule has 1 aromatic carbocycles. The number of carbonyl (C=O) groups is 1. The van der Waals surface area contributed by atoms with Crippen LogP contribution < -0.4 is 11.1 Å². The van der Waals surface area contributed by atoms with E-state index in [1.807, 2.05) is 0 Å². The maximum absolute atomic E-state index is 13.8. The fourth-order valence-electron chi connectivity index (χ4n) is 1.55. The zero-order valence-electron chi connectivity index (χ0n) is 10.7. The van der Waals surface area contributed by atoms with Crippen molar-refractivity contribution >= 4 is 17.3 Å². The van der Waals surface area contributed by atoms with Crippen molar-refractivity contribution in [3.8, 4) is 0 Å². The SMILES string of the molecule is COCCNc1c(F)cc(C(=O)OC)c(C)c1N. The normalized spacial score (nSPS) is 10.2. The van der Waals surface area contributed by atoms with Crippen LogP contribution in [0.5, 0.6) is 0 Å². The molecule has 0 fully saturated rings. The highest BCUT2D eigenvalue weighted by Gasteiger charge is 2.18. The lowest BCUT2D eigenvalue weighted by molar-refractivity contribution is 0.0599. The number of rotatable bonds is 5. The van der Waals surface area contributed by atoms with Crippen molar-refractivity contribution in [2.75, 3.05) is 38.4 Å². The van der Waals surface area contributed by atoms with Gasteiger partial charge in [-0.05, 0) is 18.6 Å². The molecule has 3 N–H and O–H groups in total. The zero-order chi connectivity index (χ0) is 13.7. The van der Waals surface area contributed by atoms with E-state index in [2.05, 4.69) is 10.1 Å². The minimum atomic E-state index is -0.610. The van der Waals surface area contributed by atoms with Gasteiger partial charge in [-0.1, -0.05) is 0 Å². The van der Waals surface area contributed by atoms with Gasteiger partial charge in [-0.3, -0.25) is 0 Å². The maximum atomic E-state index is 13.8. The summed E-state index contributed by atoms with van der Waals surface area (Å²) >= 11 is 0. The lowest BCUT2D eigenvalue weighted by Gasteiger charge is -2.14. The van der Waals surface area contributed by atoms with Crippen molar-refractivity contribution in [3.63, 3.8) is 0 Å². The lowest BCUT2D eigenvalue weighted by atomic mass is 10.0. The molecule has 0 radical (unpaired) electrons. The standard InChI is InChI=1S/C12H17FN2O3/c1-7-8(12(16)18-3)6-9(13)11(10(7)14)15-4-5-17-2/h6,15H,4-5,14H2,1-3H3. The van der Waals surface area contributed by atoms with E-state index in [0.717, 1.165) is 6.07 Å². The van der Waals surface area contributed by atoms with E-state index in [1.54, 1.807) is 14.0 Å². The molecule has 0 aliphatic carbocycles. The summed E-state index contributed by atoms with van der Waals surface area (Å²) in [7, 11) is 2.79. The first kappa shape index (κ1) is 14.2. The quantitative estimate of drug-likeness (QED) is 0.475. The van der Waals surface area contributed by atoms with Crippen LogP contribution >= 0.6 is 0 Å². The molecule has 0 aliphatic rings. The van der Waals surface area contributed by atoms with Gasteiger partial charge in [0.1, 0.15) is 5.82 Å². The van der Waals surface area contributed by atoms with Crippen molar-refractivity contribution in [2.45, 2.75) is 6.92 Å². The third-order valence-electron chi connectivity index (χ3n) is 2.60. The summed E-state index contributed by atoms with van der Waals surface area (Å²) in [6.45, 7) is 2.49. The van der Waals surface area contributed by atoms with Crippen molar-refractivity contribution in [2.24, 2.45) is 0 Å². The smallest absolute Gasteiger partial charge is 0.338 e. The van der Waals surface area contributed by atoms with E-state index in [4.69, 9.17) is 10.5 Å². The Morgan fingerprint density at radius 3 is 2.72 bits per heavy atom. The summed E-state index contributed by atoms with van der Waals surface area (Å²) in [5, 5.41) is 2.83. The number of nitrogen functional groups attached to an aromatic ring is 1. The average molecular weight is 256 g/mol. The summed E-state index contributed by atoms with van der Waals surface area (Å²) in [6.07, 6.45) is 0. The largest absolute Gasteiger partial charge is 0.465 e. The zero-order valence-corrected chi connectivity index (χ0v) is 10.7. The predicted molar refractivity (Wildman–Crippen MR) is 67.3 cm³/mol. The molecule has 18 heavy (non-hydrogen) atoms. The molecular weight excluding hydrogens is 239 g/mol. The van der Waals surface area contributed by atoms with E-state index >= 15 is 0 Å². The highest BCUT2D eigenvalue weighted by molar-refractivity contribution is 5.94. The van der Waals surface area contributed by atoms with Crippen LogP contribution in [0.15, 0.2) is 6.07 Å². The van der Waals surface area contributed by atoms with Gasteiger partial charge in [-0.15, -0.1) is 0 Å². The number of anilines is 2. The number of carbonyl (C=O) groups excluding carboxylic acids is 1. The Balaban J connectivity index is 3.08. The van der Waals surface area contributed by atoms with Gasteiger partial charge < -0.3 is 20.5 Å². The fourth-order valence-corrected chi connectivity index (χ4v) is 1.55. The molecule has 0 unspecified atom stereocenters. The minimum absolute atomic E-state index is 0.129. The van der Waals surface area contributed by atoms with Gasteiger partial charge in [-0.2, -0.15) is 0 Å². The van der Waals surface area contributed by atoms with Crippen molar-refractivity contribution in [1.82, 2.24) is 0 Å². The number of nitrogens with two attached hydrogens (primary N) is 1. The van der Waals surface area contributed by atoms with Crippen LogP contribution in [0.2, 0.25) is 0 Å². The van der Waals surface area contributed by atoms with Crippen LogP contribution in [0.3, 0.4) is 0 Å². The summed E-state index contributed by atoms with van der Waals surface area (Å²) in [6, 6.07) is 1.12. The number of nitrogens with one attached hydrogen (secondary N) is 1. The molecule has 0 saturated heterocycles. The summed E-state index contributed by atoms with van der Waals surface area (Å²) in [4.78, 5) is 11.4. The summed E-state index contributed by atoms with van der Waals surface area (Å²) < 4.78 is 23.2. The van der Waals surface area contributed by atoms with E-state index in [-0.39, 0.29) is 16.9 Å². The number of benzene rings is 1. The van der Waals surface area contributed by atoms with Crippen molar-refractivity contribution < 1.29 is 18.7 Å². The molecule has 0 bridgehead atoms. The molecule has 6 heteroatoms. The number of ether oxygens (including phenoxy) is 2. The fraction of sp³-hybridized carbons (Fsp3) is 0.417. The van der Waals surface area contributed by atoms with Gasteiger partial charge in [0.2, 0.25) is 0 Å². The van der Waals surface area contributed by atoms with Crippen molar-refractivity contribution in [3.05, 3.63) is 23.0 Å². The number of methoxy groups -OCH3 is 2. The molecule has 1 rings (SSSR count). The number of halogens is 1. The van der Waals surface area contributed by atoms with Crippen LogP contribution in [0.4, 0.5) is 15.8 Å². The Labute approximate surface area is 105 Å². The Morgan fingerprint density at radius 2 is 2.17 bits per heavy atom. The monoisotopic (exact) mass is 256 g/mol. The molecule has 100 valence electrons. The highest BCUT2D eigenvalue weighted by atomic mass is 19.1. The third kappa shape index (κ3) is 2.89. The Bertz CT molecular complexity index is 449. The molecule has 0 saturated carbocycles. The number of hydrogen-bond acceptors (Lipinski definition) is 5. The molecule has 0 spiro atoms. The summed E-state index contributed by atoms with van der Waals surface area (Å²) in [5.74, 6) is -1.20. The van der Waals surface area contributed by atoms with Crippen LogP contribution in [0.25, 0.3) is 0 Å². The van der Waals surface area contributed by atoms with E-state index in [9.17, 15) is 9.18 Å². The van der Waals surface area contributed by atoms with E-state index < -0.39 is 11.8 Å². The van der Waals surface area contributed by atoms with Gasteiger partial charge in [0.15, 0.2) is 0 Å². The van der Waals surface area contributed by atoms with Crippen LogP contribution in [-0.4, -0.2) is 33.3 Å².